The molecule has 0 saturated carbocycles. The first kappa shape index (κ1) is 17.0. The predicted molar refractivity (Wildman–Crippen MR) is 91.4 cm³/mol. The fourth-order valence-electron chi connectivity index (χ4n) is 4.25. The summed E-state index contributed by atoms with van der Waals surface area (Å²) >= 11 is 0. The van der Waals surface area contributed by atoms with Gasteiger partial charge in [0.05, 0.1) is 5.41 Å². The topological polar surface area (TPSA) is 98.8 Å². The van der Waals surface area contributed by atoms with E-state index in [0.717, 1.165) is 36.8 Å². The highest BCUT2D eigenvalue weighted by Gasteiger charge is 2.57. The van der Waals surface area contributed by atoms with Crippen molar-refractivity contribution in [1.82, 2.24) is 20.4 Å². The molecule has 0 aromatic heterocycles. The number of nitrogens with one attached hydrogen (secondary N) is 2. The summed E-state index contributed by atoms with van der Waals surface area (Å²) in [6, 6.07) is -0.904. The maximum atomic E-state index is 13.2. The van der Waals surface area contributed by atoms with Gasteiger partial charge in [-0.3, -0.25) is 29.4 Å². The monoisotopic (exact) mass is 358 g/mol. The second-order valence-corrected chi connectivity index (χ2v) is 7.43. The van der Waals surface area contributed by atoms with Gasteiger partial charge in [-0.05, 0) is 19.4 Å². The number of piperidine rings is 1. The molecule has 4 amide bonds. The Bertz CT molecular complexity index is 765. The zero-order valence-corrected chi connectivity index (χ0v) is 14.7. The lowest BCUT2D eigenvalue weighted by molar-refractivity contribution is -0.152. The van der Waals surface area contributed by atoms with E-state index >= 15 is 0 Å². The fourth-order valence-corrected chi connectivity index (χ4v) is 4.25. The van der Waals surface area contributed by atoms with Crippen LogP contribution in [0.15, 0.2) is 23.4 Å². The standard InChI is InChI=1S/C18H22N4O4/c1-18-10-11(21-8-6-19-7-9-21)2-3-12(18)16(25)22(17(18)26)13-4-5-14(23)20-15(13)24/h2-3,13,19H,4-10H2,1H3,(H,20,23,24). The summed E-state index contributed by atoms with van der Waals surface area (Å²) in [4.78, 5) is 52.9. The van der Waals surface area contributed by atoms with Crippen molar-refractivity contribution in [3.63, 3.8) is 0 Å². The van der Waals surface area contributed by atoms with Crippen molar-refractivity contribution in [3.8, 4) is 0 Å². The number of carbonyl (C=O) groups is 4. The summed E-state index contributed by atoms with van der Waals surface area (Å²) in [5.74, 6) is -1.69. The summed E-state index contributed by atoms with van der Waals surface area (Å²) in [5.41, 5.74) is 0.531. The fraction of sp³-hybridized carbons (Fsp3) is 0.556. The van der Waals surface area contributed by atoms with Crippen LogP contribution < -0.4 is 10.6 Å². The number of nitrogens with zero attached hydrogens (tertiary/aromatic N) is 2. The van der Waals surface area contributed by atoms with Gasteiger partial charge < -0.3 is 10.2 Å². The van der Waals surface area contributed by atoms with Crippen LogP contribution >= 0.6 is 0 Å². The molecule has 2 N–H and O–H groups in total. The molecule has 2 atom stereocenters. The van der Waals surface area contributed by atoms with Crippen molar-refractivity contribution in [1.29, 1.82) is 0 Å². The first-order chi connectivity index (χ1) is 12.4. The molecule has 0 aromatic carbocycles. The molecule has 0 spiro atoms. The van der Waals surface area contributed by atoms with E-state index in [1.54, 1.807) is 13.0 Å². The number of imide groups is 2. The average Bonchev–Trinajstić information content (AvgIpc) is 2.82. The summed E-state index contributed by atoms with van der Waals surface area (Å²) in [7, 11) is 0. The first-order valence-corrected chi connectivity index (χ1v) is 9.00. The largest absolute Gasteiger partial charge is 0.372 e. The molecule has 0 bridgehead atoms. The highest BCUT2D eigenvalue weighted by molar-refractivity contribution is 6.20. The lowest BCUT2D eigenvalue weighted by atomic mass is 9.76. The number of carbonyl (C=O) groups excluding carboxylic acids is 4. The third-order valence-corrected chi connectivity index (χ3v) is 5.76. The average molecular weight is 358 g/mol. The Morgan fingerprint density at radius 2 is 1.85 bits per heavy atom. The first-order valence-electron chi connectivity index (χ1n) is 9.00. The van der Waals surface area contributed by atoms with Gasteiger partial charge in [-0.15, -0.1) is 0 Å². The number of amides is 4. The Morgan fingerprint density at radius 1 is 1.12 bits per heavy atom. The van der Waals surface area contributed by atoms with Crippen LogP contribution in [0.25, 0.3) is 0 Å². The van der Waals surface area contributed by atoms with Crippen molar-refractivity contribution in [3.05, 3.63) is 23.4 Å². The number of hydrogen-bond acceptors (Lipinski definition) is 6. The second kappa shape index (κ2) is 6.05. The molecule has 4 aliphatic rings. The molecule has 0 radical (unpaired) electrons. The second-order valence-electron chi connectivity index (χ2n) is 7.43. The SMILES string of the molecule is CC12CC(N3CCNCC3)=CC=C1C(=O)N(C1CCC(=O)NC1=O)C2=O. The third kappa shape index (κ3) is 2.47. The van der Waals surface area contributed by atoms with Crippen LogP contribution in [0.3, 0.4) is 0 Å². The molecule has 138 valence electrons. The third-order valence-electron chi connectivity index (χ3n) is 5.76. The van der Waals surface area contributed by atoms with E-state index in [9.17, 15) is 19.2 Å². The quantitative estimate of drug-likeness (QED) is 0.633. The Labute approximate surface area is 151 Å². The molecule has 3 aliphatic heterocycles. The van der Waals surface area contributed by atoms with Gasteiger partial charge in [0.25, 0.3) is 5.91 Å². The van der Waals surface area contributed by atoms with E-state index in [1.165, 1.54) is 0 Å². The van der Waals surface area contributed by atoms with E-state index in [1.807, 2.05) is 6.08 Å². The number of hydrogen-bond donors (Lipinski definition) is 2. The van der Waals surface area contributed by atoms with Crippen LogP contribution in [-0.2, 0) is 19.2 Å². The van der Waals surface area contributed by atoms with Crippen LogP contribution in [-0.4, -0.2) is 65.6 Å². The molecule has 8 nitrogen and oxygen atoms in total. The molecule has 3 heterocycles. The maximum absolute atomic E-state index is 13.2. The van der Waals surface area contributed by atoms with Gasteiger partial charge >= 0.3 is 0 Å². The highest BCUT2D eigenvalue weighted by Crippen LogP contribution is 2.46. The molecule has 26 heavy (non-hydrogen) atoms. The van der Waals surface area contributed by atoms with Crippen molar-refractivity contribution < 1.29 is 19.2 Å². The zero-order valence-electron chi connectivity index (χ0n) is 14.7. The molecule has 0 aromatic rings. The Kier molecular flexibility index (Phi) is 3.95. The summed E-state index contributed by atoms with van der Waals surface area (Å²) in [6.45, 7) is 5.29. The molecule has 8 heteroatoms. The van der Waals surface area contributed by atoms with E-state index in [-0.39, 0.29) is 24.7 Å². The summed E-state index contributed by atoms with van der Waals surface area (Å²) < 4.78 is 0. The minimum atomic E-state index is -0.951. The van der Waals surface area contributed by atoms with Crippen LogP contribution in [0.2, 0.25) is 0 Å². The minimum absolute atomic E-state index is 0.132. The van der Waals surface area contributed by atoms with Gasteiger partial charge in [-0.1, -0.05) is 6.08 Å². The number of fused-ring (bicyclic) bond motifs is 1. The van der Waals surface area contributed by atoms with Gasteiger partial charge in [0.2, 0.25) is 17.7 Å². The van der Waals surface area contributed by atoms with E-state index in [4.69, 9.17) is 0 Å². The van der Waals surface area contributed by atoms with Crippen LogP contribution in [0, 0.1) is 5.41 Å². The Morgan fingerprint density at radius 3 is 2.54 bits per heavy atom. The van der Waals surface area contributed by atoms with Gasteiger partial charge in [0.15, 0.2) is 0 Å². The molecule has 2 unspecified atom stereocenters. The molecule has 1 aliphatic carbocycles. The lowest BCUT2D eigenvalue weighted by Gasteiger charge is -2.36. The van der Waals surface area contributed by atoms with Crippen LogP contribution in [0.5, 0.6) is 0 Å². The van der Waals surface area contributed by atoms with Crippen LogP contribution in [0.4, 0.5) is 0 Å². The van der Waals surface area contributed by atoms with Crippen LogP contribution in [0.1, 0.15) is 26.2 Å². The van der Waals surface area contributed by atoms with Crippen molar-refractivity contribution in [2.75, 3.05) is 26.2 Å². The number of likely N-dealkylation sites (tertiary alicyclic amines) is 1. The molecular weight excluding hydrogens is 336 g/mol. The predicted octanol–water partition coefficient (Wildman–Crippen LogP) is -0.714. The summed E-state index contributed by atoms with van der Waals surface area (Å²) in [6.07, 6.45) is 4.42. The van der Waals surface area contributed by atoms with Gasteiger partial charge in [0.1, 0.15) is 6.04 Å². The minimum Gasteiger partial charge on any atom is -0.372 e. The smallest absolute Gasteiger partial charge is 0.258 e. The molecule has 3 saturated heterocycles. The molecular formula is C18H22N4O4. The maximum Gasteiger partial charge on any atom is 0.258 e. The Balaban J connectivity index is 1.60. The van der Waals surface area contributed by atoms with Crippen molar-refractivity contribution in [2.24, 2.45) is 5.41 Å². The number of rotatable bonds is 2. The van der Waals surface area contributed by atoms with Crippen molar-refractivity contribution >= 4 is 23.6 Å². The molecule has 3 fully saturated rings. The zero-order chi connectivity index (χ0) is 18.5. The van der Waals surface area contributed by atoms with Gasteiger partial charge in [0, 0.05) is 50.3 Å². The number of allylic oxidation sites excluding steroid dienone is 3. The highest BCUT2D eigenvalue weighted by atomic mass is 16.2. The normalized spacial score (nSPS) is 32.3. The van der Waals surface area contributed by atoms with Crippen molar-refractivity contribution in [2.45, 2.75) is 32.2 Å². The molecule has 4 rings (SSSR count). The summed E-state index contributed by atoms with van der Waals surface area (Å²) in [5, 5.41) is 5.53. The Hall–Kier alpha value is -2.48. The van der Waals surface area contributed by atoms with E-state index < -0.39 is 23.3 Å². The van der Waals surface area contributed by atoms with Gasteiger partial charge in [-0.2, -0.15) is 0 Å². The van der Waals surface area contributed by atoms with E-state index in [0.29, 0.717) is 12.0 Å². The van der Waals surface area contributed by atoms with E-state index in [2.05, 4.69) is 15.5 Å². The number of piperazine rings is 1. The lowest BCUT2D eigenvalue weighted by Crippen LogP contribution is -2.55. The van der Waals surface area contributed by atoms with Gasteiger partial charge in [-0.25, -0.2) is 0 Å².